The fraction of sp³-hybridized carbons (Fsp3) is 0.267. The lowest BCUT2D eigenvalue weighted by Gasteiger charge is -2.10. The molecule has 0 saturated heterocycles. The Bertz CT molecular complexity index is 549. The lowest BCUT2D eigenvalue weighted by Crippen LogP contribution is -2.26. The molecule has 6 heteroatoms. The first-order valence-corrected chi connectivity index (χ1v) is 6.41. The molecule has 0 bridgehead atoms. The normalized spacial score (nSPS) is 11.6. The molecular weight excluding hydrogens is 292 g/mol. The van der Waals surface area contributed by atoms with Crippen LogP contribution in [0.4, 0.5) is 0 Å². The molecule has 5 nitrogen and oxygen atoms in total. The van der Waals surface area contributed by atoms with Crippen LogP contribution in [0.1, 0.15) is 11.1 Å². The van der Waals surface area contributed by atoms with E-state index in [9.17, 15) is 5.11 Å². The van der Waals surface area contributed by atoms with Crippen molar-refractivity contribution in [3.8, 4) is 11.6 Å². The maximum Gasteiger partial charge on any atom is 0.224 e. The molecule has 1 aromatic carbocycles. The summed E-state index contributed by atoms with van der Waals surface area (Å²) < 4.78 is 5.63. The Labute approximate surface area is 129 Å². The molecule has 0 saturated carbocycles. The number of aromatic nitrogens is 1. The second-order valence-corrected chi connectivity index (χ2v) is 4.52. The highest BCUT2D eigenvalue weighted by molar-refractivity contribution is 5.85. The molecule has 0 aliphatic heterocycles. The van der Waals surface area contributed by atoms with Crippen LogP contribution in [-0.4, -0.2) is 27.8 Å². The summed E-state index contributed by atoms with van der Waals surface area (Å²) in [5.41, 5.74) is 7.35. The van der Waals surface area contributed by atoms with Crippen molar-refractivity contribution in [2.75, 3.05) is 6.61 Å². The summed E-state index contributed by atoms with van der Waals surface area (Å²) in [5.74, 6) is 1.04. The molecule has 0 fully saturated rings. The van der Waals surface area contributed by atoms with Gasteiger partial charge < -0.3 is 20.7 Å². The highest BCUT2D eigenvalue weighted by atomic mass is 35.5. The number of nitrogens with two attached hydrogens (primary N) is 1. The molecule has 2 aromatic rings. The molecule has 2 rings (SSSR count). The number of halogens is 1. The molecule has 1 atom stereocenters. The number of nitrogens with zero attached hydrogens (tertiary/aromatic N) is 1. The van der Waals surface area contributed by atoms with Gasteiger partial charge in [-0.25, -0.2) is 4.98 Å². The van der Waals surface area contributed by atoms with Gasteiger partial charge in [-0.3, -0.25) is 0 Å². The molecule has 1 heterocycles. The van der Waals surface area contributed by atoms with Crippen molar-refractivity contribution in [3.63, 3.8) is 0 Å². The number of rotatable bonds is 6. The number of hydrogen-bond donors (Lipinski definition) is 3. The minimum absolute atomic E-state index is 0. The number of aliphatic hydroxyl groups is 2. The second kappa shape index (κ2) is 8.59. The summed E-state index contributed by atoms with van der Waals surface area (Å²) in [6.07, 6.45) is 2.23. The first-order chi connectivity index (χ1) is 9.72. The van der Waals surface area contributed by atoms with Crippen LogP contribution in [0.2, 0.25) is 0 Å². The van der Waals surface area contributed by atoms with Gasteiger partial charge in [-0.05, 0) is 36.2 Å². The van der Waals surface area contributed by atoms with Gasteiger partial charge in [-0.15, -0.1) is 12.4 Å². The SMILES string of the molecule is Cl.N[C@H](CO)Cc1ccc(Oc2ncccc2CO)cc1. The fourth-order valence-electron chi connectivity index (χ4n) is 1.81. The third-order valence-electron chi connectivity index (χ3n) is 2.89. The average molecular weight is 311 g/mol. The molecule has 0 aliphatic carbocycles. The van der Waals surface area contributed by atoms with E-state index >= 15 is 0 Å². The Morgan fingerprint density at radius 2 is 1.86 bits per heavy atom. The van der Waals surface area contributed by atoms with Crippen LogP contribution in [0.15, 0.2) is 42.6 Å². The van der Waals surface area contributed by atoms with E-state index in [2.05, 4.69) is 4.98 Å². The monoisotopic (exact) mass is 310 g/mol. The Morgan fingerprint density at radius 1 is 1.14 bits per heavy atom. The van der Waals surface area contributed by atoms with E-state index in [0.717, 1.165) is 5.56 Å². The zero-order valence-electron chi connectivity index (χ0n) is 11.5. The summed E-state index contributed by atoms with van der Waals surface area (Å²) >= 11 is 0. The van der Waals surface area contributed by atoms with Gasteiger partial charge in [0.2, 0.25) is 5.88 Å². The Kier molecular flexibility index (Phi) is 7.11. The maximum atomic E-state index is 9.21. The fourth-order valence-corrected chi connectivity index (χ4v) is 1.81. The molecule has 4 N–H and O–H groups in total. The smallest absolute Gasteiger partial charge is 0.224 e. The van der Waals surface area contributed by atoms with E-state index in [0.29, 0.717) is 23.6 Å². The minimum atomic E-state index is -0.251. The van der Waals surface area contributed by atoms with Gasteiger partial charge in [0.25, 0.3) is 0 Å². The molecule has 0 radical (unpaired) electrons. The predicted molar refractivity (Wildman–Crippen MR) is 82.7 cm³/mol. The van der Waals surface area contributed by atoms with Crippen LogP contribution >= 0.6 is 12.4 Å². The van der Waals surface area contributed by atoms with Crippen molar-refractivity contribution < 1.29 is 14.9 Å². The van der Waals surface area contributed by atoms with Crippen molar-refractivity contribution in [3.05, 3.63) is 53.7 Å². The first-order valence-electron chi connectivity index (χ1n) is 6.41. The quantitative estimate of drug-likeness (QED) is 0.755. The third kappa shape index (κ3) is 4.99. The number of aliphatic hydroxyl groups excluding tert-OH is 2. The van der Waals surface area contributed by atoms with Gasteiger partial charge in [-0.2, -0.15) is 0 Å². The topological polar surface area (TPSA) is 88.6 Å². The first kappa shape index (κ1) is 17.4. The summed E-state index contributed by atoms with van der Waals surface area (Å²) in [7, 11) is 0. The summed E-state index contributed by atoms with van der Waals surface area (Å²) in [4.78, 5) is 4.09. The van der Waals surface area contributed by atoms with Crippen molar-refractivity contribution in [2.24, 2.45) is 5.73 Å². The van der Waals surface area contributed by atoms with Gasteiger partial charge in [0.05, 0.1) is 13.2 Å². The molecule has 1 aromatic heterocycles. The van der Waals surface area contributed by atoms with E-state index < -0.39 is 0 Å². The van der Waals surface area contributed by atoms with Crippen molar-refractivity contribution in [1.82, 2.24) is 4.98 Å². The van der Waals surface area contributed by atoms with Gasteiger partial charge >= 0.3 is 0 Å². The van der Waals surface area contributed by atoms with E-state index in [1.807, 2.05) is 24.3 Å². The zero-order chi connectivity index (χ0) is 14.4. The molecule has 114 valence electrons. The van der Waals surface area contributed by atoms with Gasteiger partial charge in [-0.1, -0.05) is 12.1 Å². The van der Waals surface area contributed by atoms with Gasteiger partial charge in [0.15, 0.2) is 0 Å². The summed E-state index contributed by atoms with van der Waals surface area (Å²) in [5, 5.41) is 18.1. The lowest BCUT2D eigenvalue weighted by atomic mass is 10.1. The number of ether oxygens (including phenoxy) is 1. The summed E-state index contributed by atoms with van der Waals surface area (Å²) in [6, 6.07) is 10.7. The standard InChI is InChI=1S/C15H18N2O3.ClH/c16-13(10-19)8-11-3-5-14(6-4-11)20-15-12(9-18)2-1-7-17-15;/h1-7,13,18-19H,8-10,16H2;1H/t13-;/m0./s1. The van der Waals surface area contributed by atoms with Crippen molar-refractivity contribution in [2.45, 2.75) is 19.1 Å². The molecule has 21 heavy (non-hydrogen) atoms. The highest BCUT2D eigenvalue weighted by Gasteiger charge is 2.06. The Morgan fingerprint density at radius 3 is 2.48 bits per heavy atom. The van der Waals surface area contributed by atoms with Crippen LogP contribution < -0.4 is 10.5 Å². The van der Waals surface area contributed by atoms with E-state index in [1.54, 1.807) is 18.3 Å². The van der Waals surface area contributed by atoms with Crippen LogP contribution in [-0.2, 0) is 13.0 Å². The van der Waals surface area contributed by atoms with Crippen LogP contribution in [0, 0.1) is 0 Å². The molecule has 0 amide bonds. The molecular formula is C15H19ClN2O3. The summed E-state index contributed by atoms with van der Waals surface area (Å²) in [6.45, 7) is -0.154. The molecule has 0 aliphatic rings. The molecule has 0 spiro atoms. The van der Waals surface area contributed by atoms with Gasteiger partial charge in [0, 0.05) is 17.8 Å². The van der Waals surface area contributed by atoms with Crippen LogP contribution in [0.3, 0.4) is 0 Å². The van der Waals surface area contributed by atoms with E-state index in [4.69, 9.17) is 15.6 Å². The number of hydrogen-bond acceptors (Lipinski definition) is 5. The van der Waals surface area contributed by atoms with Crippen molar-refractivity contribution >= 4 is 12.4 Å². The zero-order valence-corrected chi connectivity index (χ0v) is 12.3. The van der Waals surface area contributed by atoms with Crippen LogP contribution in [0.5, 0.6) is 11.6 Å². The number of benzene rings is 1. The second-order valence-electron chi connectivity index (χ2n) is 4.52. The largest absolute Gasteiger partial charge is 0.439 e. The Balaban J connectivity index is 0.00000220. The van der Waals surface area contributed by atoms with E-state index in [1.165, 1.54) is 0 Å². The number of pyridine rings is 1. The van der Waals surface area contributed by atoms with Crippen molar-refractivity contribution in [1.29, 1.82) is 0 Å². The Hall–Kier alpha value is -1.66. The maximum absolute atomic E-state index is 9.21. The van der Waals surface area contributed by atoms with E-state index in [-0.39, 0.29) is 31.7 Å². The highest BCUT2D eigenvalue weighted by Crippen LogP contribution is 2.23. The third-order valence-corrected chi connectivity index (χ3v) is 2.89. The van der Waals surface area contributed by atoms with Gasteiger partial charge in [0.1, 0.15) is 5.75 Å². The minimum Gasteiger partial charge on any atom is -0.439 e. The molecule has 0 unspecified atom stereocenters. The average Bonchev–Trinajstić information content (AvgIpc) is 2.49. The lowest BCUT2D eigenvalue weighted by molar-refractivity contribution is 0.265. The van der Waals surface area contributed by atoms with Crippen LogP contribution in [0.25, 0.3) is 0 Å². The predicted octanol–water partition coefficient (Wildman–Crippen LogP) is 1.65.